The van der Waals surface area contributed by atoms with Crippen LogP contribution < -0.4 is 10.1 Å². The molecule has 1 unspecified atom stereocenters. The third-order valence-electron chi connectivity index (χ3n) is 4.54. The number of fused-ring (bicyclic) bond motifs is 1. The highest BCUT2D eigenvalue weighted by atomic mass is 16.5. The number of rotatable bonds is 6. The number of nitriles is 1. The molecule has 1 aliphatic heterocycles. The molecule has 0 fully saturated rings. The molecule has 1 aromatic heterocycles. The summed E-state index contributed by atoms with van der Waals surface area (Å²) in [6, 6.07) is 7.51. The van der Waals surface area contributed by atoms with Crippen LogP contribution in [0.2, 0.25) is 0 Å². The van der Waals surface area contributed by atoms with Crippen LogP contribution in [0.3, 0.4) is 0 Å². The van der Waals surface area contributed by atoms with Crippen molar-refractivity contribution in [3.63, 3.8) is 0 Å². The molecule has 0 saturated carbocycles. The fraction of sp³-hybridized carbons (Fsp3) is 0.350. The van der Waals surface area contributed by atoms with Crippen LogP contribution >= 0.6 is 0 Å². The molecule has 0 saturated heterocycles. The maximum atomic E-state index is 12.9. The Hall–Kier alpha value is -3.27. The summed E-state index contributed by atoms with van der Waals surface area (Å²) >= 11 is 0. The van der Waals surface area contributed by atoms with Gasteiger partial charge in [0.05, 0.1) is 30.8 Å². The molecule has 1 aliphatic rings. The van der Waals surface area contributed by atoms with Crippen LogP contribution in [0.25, 0.3) is 0 Å². The van der Waals surface area contributed by atoms with Gasteiger partial charge in [-0.25, -0.2) is 4.79 Å². The first-order valence-corrected chi connectivity index (χ1v) is 8.94. The zero-order valence-corrected chi connectivity index (χ0v) is 15.6. The van der Waals surface area contributed by atoms with E-state index < -0.39 is 5.92 Å². The highest BCUT2D eigenvalue weighted by Crippen LogP contribution is 2.45. The van der Waals surface area contributed by atoms with Gasteiger partial charge in [0.15, 0.2) is 5.82 Å². The van der Waals surface area contributed by atoms with Crippen molar-refractivity contribution < 1.29 is 14.3 Å². The number of carbonyl (C=O) groups is 1. The predicted octanol–water partition coefficient (Wildman–Crippen LogP) is 3.46. The molecule has 27 heavy (non-hydrogen) atoms. The van der Waals surface area contributed by atoms with Crippen LogP contribution in [-0.2, 0) is 9.53 Å². The van der Waals surface area contributed by atoms with Crippen LogP contribution in [0.15, 0.2) is 35.7 Å². The lowest BCUT2D eigenvalue weighted by Crippen LogP contribution is -2.25. The highest BCUT2D eigenvalue weighted by molar-refractivity contribution is 5.94. The largest absolute Gasteiger partial charge is 0.495 e. The minimum Gasteiger partial charge on any atom is -0.495 e. The van der Waals surface area contributed by atoms with Gasteiger partial charge in [-0.3, -0.25) is 5.10 Å². The summed E-state index contributed by atoms with van der Waals surface area (Å²) in [5.41, 5.74) is 3.27. The Balaban J connectivity index is 2.27. The molecule has 0 spiro atoms. The molecular weight excluding hydrogens is 344 g/mol. The molecule has 7 nitrogen and oxygen atoms in total. The monoisotopic (exact) mass is 366 g/mol. The van der Waals surface area contributed by atoms with E-state index in [0.29, 0.717) is 29.1 Å². The summed E-state index contributed by atoms with van der Waals surface area (Å²) in [5, 5.41) is 19.9. The first-order chi connectivity index (χ1) is 13.2. The third kappa shape index (κ3) is 3.26. The van der Waals surface area contributed by atoms with Crippen molar-refractivity contribution in [3.05, 3.63) is 52.4 Å². The summed E-state index contributed by atoms with van der Waals surface area (Å²) in [5.74, 6) is 0.302. The number of methoxy groups -OCH3 is 1. The second-order valence-corrected chi connectivity index (χ2v) is 6.15. The highest BCUT2D eigenvalue weighted by Gasteiger charge is 2.37. The Morgan fingerprint density at radius 3 is 2.81 bits per heavy atom. The Morgan fingerprint density at radius 1 is 1.33 bits per heavy atom. The first-order valence-electron chi connectivity index (χ1n) is 8.94. The van der Waals surface area contributed by atoms with E-state index in [-0.39, 0.29) is 12.6 Å². The summed E-state index contributed by atoms with van der Waals surface area (Å²) in [6.45, 7) is 4.11. The molecule has 7 heteroatoms. The van der Waals surface area contributed by atoms with Crippen molar-refractivity contribution in [2.24, 2.45) is 0 Å². The Labute approximate surface area is 158 Å². The van der Waals surface area contributed by atoms with Crippen molar-refractivity contribution >= 4 is 11.8 Å². The molecule has 0 aliphatic carbocycles. The van der Waals surface area contributed by atoms with Crippen molar-refractivity contribution in [2.75, 3.05) is 19.0 Å². The number of aromatic nitrogens is 2. The van der Waals surface area contributed by atoms with Crippen LogP contribution in [-0.4, -0.2) is 29.9 Å². The molecule has 140 valence electrons. The number of para-hydroxylation sites is 1. The van der Waals surface area contributed by atoms with E-state index in [1.165, 1.54) is 7.11 Å². The van der Waals surface area contributed by atoms with E-state index >= 15 is 0 Å². The topological polar surface area (TPSA) is 100 Å². The smallest absolute Gasteiger partial charge is 0.336 e. The van der Waals surface area contributed by atoms with Gasteiger partial charge in [0.2, 0.25) is 0 Å². The maximum Gasteiger partial charge on any atom is 0.336 e. The van der Waals surface area contributed by atoms with Gasteiger partial charge in [-0.05, 0) is 19.4 Å². The second-order valence-electron chi connectivity index (χ2n) is 6.15. The average molecular weight is 366 g/mol. The normalized spacial score (nSPS) is 15.6. The molecule has 0 amide bonds. The van der Waals surface area contributed by atoms with Gasteiger partial charge in [0, 0.05) is 23.0 Å². The summed E-state index contributed by atoms with van der Waals surface area (Å²) in [7, 11) is 1.53. The van der Waals surface area contributed by atoms with Crippen molar-refractivity contribution in [3.8, 4) is 11.8 Å². The number of ether oxygens (including phenoxy) is 2. The van der Waals surface area contributed by atoms with Crippen molar-refractivity contribution in [2.45, 2.75) is 32.6 Å². The lowest BCUT2D eigenvalue weighted by molar-refractivity contribution is -0.138. The van der Waals surface area contributed by atoms with Gasteiger partial charge in [0.25, 0.3) is 0 Å². The SMILES string of the molecule is CCCC1=C(C(=O)OCC)C(c2cccc(C#N)c2OC)c2c[nH]nc2N1. The Kier molecular flexibility index (Phi) is 5.46. The van der Waals surface area contributed by atoms with Gasteiger partial charge >= 0.3 is 5.97 Å². The van der Waals surface area contributed by atoms with Gasteiger partial charge in [0.1, 0.15) is 11.8 Å². The number of esters is 1. The van der Waals surface area contributed by atoms with Crippen molar-refractivity contribution in [1.82, 2.24) is 10.2 Å². The predicted molar refractivity (Wildman–Crippen MR) is 100 cm³/mol. The van der Waals surface area contributed by atoms with E-state index in [1.54, 1.807) is 25.3 Å². The molecule has 1 atom stereocenters. The number of hydrogen-bond acceptors (Lipinski definition) is 6. The van der Waals surface area contributed by atoms with Crippen LogP contribution in [0.1, 0.15) is 49.3 Å². The molecule has 2 aromatic rings. The molecule has 0 radical (unpaired) electrons. The van der Waals surface area contributed by atoms with Gasteiger partial charge in [-0.1, -0.05) is 25.5 Å². The zero-order valence-electron chi connectivity index (χ0n) is 15.6. The zero-order chi connectivity index (χ0) is 19.4. The van der Waals surface area contributed by atoms with E-state index in [0.717, 1.165) is 23.2 Å². The number of benzene rings is 1. The molecule has 2 heterocycles. The third-order valence-corrected chi connectivity index (χ3v) is 4.54. The second kappa shape index (κ2) is 7.96. The van der Waals surface area contributed by atoms with Gasteiger partial charge in [-0.2, -0.15) is 10.4 Å². The summed E-state index contributed by atoms with van der Waals surface area (Å²) in [6.07, 6.45) is 3.29. The Bertz CT molecular complexity index is 924. The number of aromatic amines is 1. The van der Waals surface area contributed by atoms with Gasteiger partial charge < -0.3 is 14.8 Å². The number of nitrogens with one attached hydrogen (secondary N) is 2. The molecular formula is C20H22N4O3. The van der Waals surface area contributed by atoms with E-state index in [2.05, 4.69) is 21.6 Å². The standard InChI is InChI=1S/C20H22N4O3/c1-4-7-15-17(20(25)27-5-2)16(14-11-22-24-19(14)23-15)13-9-6-8-12(10-21)18(13)26-3/h6,8-9,11,16H,4-5,7H2,1-3H3,(H2,22,23,24). The molecule has 1 aromatic carbocycles. The fourth-order valence-corrected chi connectivity index (χ4v) is 3.48. The number of carbonyl (C=O) groups excluding carboxylic acids is 1. The quantitative estimate of drug-likeness (QED) is 0.760. The lowest BCUT2D eigenvalue weighted by atomic mass is 9.81. The number of H-pyrrole nitrogens is 1. The van der Waals surface area contributed by atoms with Crippen LogP contribution in [0.4, 0.5) is 5.82 Å². The average Bonchev–Trinajstić information content (AvgIpc) is 3.14. The Morgan fingerprint density at radius 2 is 2.15 bits per heavy atom. The number of hydrogen-bond donors (Lipinski definition) is 2. The summed E-state index contributed by atoms with van der Waals surface area (Å²) in [4.78, 5) is 12.9. The van der Waals surface area contributed by atoms with E-state index in [9.17, 15) is 10.1 Å². The minimum atomic E-state index is -0.441. The number of anilines is 1. The molecule has 2 N–H and O–H groups in total. The number of nitrogens with zero attached hydrogens (tertiary/aromatic N) is 2. The minimum absolute atomic E-state index is 0.280. The van der Waals surface area contributed by atoms with Crippen molar-refractivity contribution in [1.29, 1.82) is 5.26 Å². The van der Waals surface area contributed by atoms with Gasteiger partial charge in [-0.15, -0.1) is 0 Å². The first kappa shape index (κ1) is 18.5. The van der Waals surface area contributed by atoms with E-state index in [4.69, 9.17) is 9.47 Å². The van der Waals surface area contributed by atoms with Crippen LogP contribution in [0.5, 0.6) is 5.75 Å². The van der Waals surface area contributed by atoms with E-state index in [1.807, 2.05) is 13.0 Å². The molecule has 0 bridgehead atoms. The molecule has 3 rings (SSSR count). The summed E-state index contributed by atoms with van der Waals surface area (Å²) < 4.78 is 10.9. The lowest BCUT2D eigenvalue weighted by Gasteiger charge is -2.29. The van der Waals surface area contributed by atoms with Crippen LogP contribution in [0, 0.1) is 11.3 Å². The number of allylic oxidation sites excluding steroid dienone is 1. The fourth-order valence-electron chi connectivity index (χ4n) is 3.48. The maximum absolute atomic E-state index is 12.9.